The molecule has 0 saturated heterocycles. The Hall–Kier alpha value is -2.02. The van der Waals surface area contributed by atoms with Gasteiger partial charge >= 0.3 is 5.69 Å². The lowest BCUT2D eigenvalue weighted by Crippen LogP contribution is -2.36. The number of nitro groups is 1. The van der Waals surface area contributed by atoms with Gasteiger partial charge in [-0.05, 0) is 12.1 Å². The number of carbonyl (C=O) groups is 1. The molecule has 0 aliphatic rings. The lowest BCUT2D eigenvalue weighted by molar-refractivity contribution is -0.387. The monoisotopic (exact) mass is 227 g/mol. The number of nitro benzene ring substituents is 1. The second kappa shape index (κ2) is 4.67. The van der Waals surface area contributed by atoms with Crippen molar-refractivity contribution < 1.29 is 14.1 Å². The molecular formula is C9H10FN3O3. The molecule has 0 bridgehead atoms. The summed E-state index contributed by atoms with van der Waals surface area (Å²) >= 11 is 0. The zero-order valence-electron chi connectivity index (χ0n) is 8.73. The van der Waals surface area contributed by atoms with Crippen molar-refractivity contribution in [1.29, 1.82) is 0 Å². The molecule has 1 amide bonds. The Kier molecular flexibility index (Phi) is 3.51. The van der Waals surface area contributed by atoms with Crippen LogP contribution in [0.5, 0.6) is 0 Å². The van der Waals surface area contributed by atoms with Gasteiger partial charge in [-0.2, -0.15) is 4.39 Å². The van der Waals surface area contributed by atoms with Crippen LogP contribution in [0, 0.1) is 15.9 Å². The van der Waals surface area contributed by atoms with Crippen LogP contribution < -0.4 is 5.43 Å². The minimum atomic E-state index is -1.03. The number of rotatable bonds is 3. The molecule has 0 aromatic heterocycles. The predicted molar refractivity (Wildman–Crippen MR) is 54.2 cm³/mol. The molecule has 86 valence electrons. The number of hydrogen-bond donors (Lipinski definition) is 1. The zero-order chi connectivity index (χ0) is 12.3. The maximum absolute atomic E-state index is 13.2. The lowest BCUT2D eigenvalue weighted by Gasteiger charge is -2.11. The first kappa shape index (κ1) is 12.1. The smallest absolute Gasteiger partial charge is 0.285 e. The maximum atomic E-state index is 13.2. The highest BCUT2D eigenvalue weighted by atomic mass is 19.1. The van der Waals surface area contributed by atoms with Crippen molar-refractivity contribution >= 4 is 11.6 Å². The van der Waals surface area contributed by atoms with Gasteiger partial charge in [-0.3, -0.25) is 20.3 Å². The molecule has 0 saturated carbocycles. The molecule has 0 atom stereocenters. The van der Waals surface area contributed by atoms with E-state index in [1.54, 1.807) is 14.1 Å². The Morgan fingerprint density at radius 3 is 2.56 bits per heavy atom. The number of nitrogens with one attached hydrogen (secondary N) is 1. The van der Waals surface area contributed by atoms with Gasteiger partial charge in [0.2, 0.25) is 5.82 Å². The average Bonchev–Trinajstić information content (AvgIpc) is 2.15. The van der Waals surface area contributed by atoms with E-state index in [4.69, 9.17) is 0 Å². The highest BCUT2D eigenvalue weighted by Gasteiger charge is 2.16. The van der Waals surface area contributed by atoms with Gasteiger partial charge in [0.25, 0.3) is 5.91 Å². The van der Waals surface area contributed by atoms with Crippen LogP contribution in [0.4, 0.5) is 10.1 Å². The number of carbonyl (C=O) groups excluding carboxylic acids is 1. The van der Waals surface area contributed by atoms with Crippen molar-refractivity contribution in [2.45, 2.75) is 0 Å². The molecule has 1 rings (SSSR count). The maximum Gasteiger partial charge on any atom is 0.304 e. The van der Waals surface area contributed by atoms with Crippen molar-refractivity contribution in [3.63, 3.8) is 0 Å². The molecule has 1 aromatic rings. The summed E-state index contributed by atoms with van der Waals surface area (Å²) < 4.78 is 13.2. The van der Waals surface area contributed by atoms with E-state index in [0.717, 1.165) is 12.1 Å². The normalized spacial score (nSPS) is 10.2. The molecule has 1 N–H and O–H groups in total. The lowest BCUT2D eigenvalue weighted by atomic mass is 10.2. The molecule has 0 unspecified atom stereocenters. The minimum Gasteiger partial charge on any atom is -0.285 e. The van der Waals surface area contributed by atoms with Crippen molar-refractivity contribution in [3.05, 3.63) is 39.7 Å². The summed E-state index contributed by atoms with van der Waals surface area (Å²) in [7, 11) is 3.19. The zero-order valence-corrected chi connectivity index (χ0v) is 8.73. The predicted octanol–water partition coefficient (Wildman–Crippen LogP) is 0.940. The Morgan fingerprint density at radius 2 is 2.12 bits per heavy atom. The quantitative estimate of drug-likeness (QED) is 0.616. The standard InChI is InChI=1S/C9H10FN3O3/c1-12(2)11-9(14)6-3-4-8(13(15)16)7(10)5-6/h3-5H,1-2H3,(H,11,14). The van der Waals surface area contributed by atoms with Crippen LogP contribution in [0.3, 0.4) is 0 Å². The second-order valence-electron chi connectivity index (χ2n) is 3.26. The van der Waals surface area contributed by atoms with Crippen molar-refractivity contribution in [2.24, 2.45) is 0 Å². The largest absolute Gasteiger partial charge is 0.304 e. The Morgan fingerprint density at radius 1 is 1.50 bits per heavy atom. The third-order valence-corrected chi connectivity index (χ3v) is 1.73. The van der Waals surface area contributed by atoms with E-state index in [0.29, 0.717) is 0 Å². The molecular weight excluding hydrogens is 217 g/mol. The van der Waals surface area contributed by atoms with Crippen LogP contribution in [0.1, 0.15) is 10.4 Å². The van der Waals surface area contributed by atoms with Gasteiger partial charge in [0.05, 0.1) is 4.92 Å². The topological polar surface area (TPSA) is 75.5 Å². The third-order valence-electron chi connectivity index (χ3n) is 1.73. The van der Waals surface area contributed by atoms with Gasteiger partial charge in [-0.1, -0.05) is 0 Å². The van der Waals surface area contributed by atoms with Crippen molar-refractivity contribution in [1.82, 2.24) is 10.4 Å². The number of hydrazine groups is 1. The van der Waals surface area contributed by atoms with Crippen LogP contribution in [0.15, 0.2) is 18.2 Å². The van der Waals surface area contributed by atoms with Gasteiger partial charge < -0.3 is 0 Å². The van der Waals surface area contributed by atoms with E-state index >= 15 is 0 Å². The number of hydrogen-bond acceptors (Lipinski definition) is 4. The summed E-state index contributed by atoms with van der Waals surface area (Å²) in [5.41, 5.74) is 1.77. The summed E-state index contributed by atoms with van der Waals surface area (Å²) in [5.74, 6) is -1.56. The molecule has 6 nitrogen and oxygen atoms in total. The fourth-order valence-corrected chi connectivity index (χ4v) is 1.06. The van der Waals surface area contributed by atoms with Gasteiger partial charge in [0, 0.05) is 25.7 Å². The van der Waals surface area contributed by atoms with Gasteiger partial charge in [-0.25, -0.2) is 5.01 Å². The number of nitrogens with zero attached hydrogens (tertiary/aromatic N) is 2. The van der Waals surface area contributed by atoms with Crippen LogP contribution in [-0.2, 0) is 0 Å². The summed E-state index contributed by atoms with van der Waals surface area (Å²) in [6, 6.07) is 2.98. The number of benzene rings is 1. The molecule has 0 spiro atoms. The Bertz CT molecular complexity index is 434. The molecule has 1 aromatic carbocycles. The molecule has 0 aliphatic heterocycles. The van der Waals surface area contributed by atoms with Gasteiger partial charge in [0.15, 0.2) is 0 Å². The van der Waals surface area contributed by atoms with E-state index in [1.165, 1.54) is 11.1 Å². The molecule has 7 heteroatoms. The van der Waals surface area contributed by atoms with Crippen molar-refractivity contribution in [3.8, 4) is 0 Å². The average molecular weight is 227 g/mol. The summed E-state index contributed by atoms with van der Waals surface area (Å²) in [4.78, 5) is 20.9. The van der Waals surface area contributed by atoms with E-state index in [-0.39, 0.29) is 5.56 Å². The molecule has 16 heavy (non-hydrogen) atoms. The second-order valence-corrected chi connectivity index (χ2v) is 3.26. The van der Waals surface area contributed by atoms with E-state index in [9.17, 15) is 19.3 Å². The molecule has 0 aliphatic carbocycles. The molecule has 0 heterocycles. The van der Waals surface area contributed by atoms with E-state index < -0.39 is 22.3 Å². The van der Waals surface area contributed by atoms with Crippen LogP contribution >= 0.6 is 0 Å². The third kappa shape index (κ3) is 2.74. The van der Waals surface area contributed by atoms with Crippen LogP contribution in [0.2, 0.25) is 0 Å². The Labute approximate surface area is 90.8 Å². The fourth-order valence-electron chi connectivity index (χ4n) is 1.06. The first-order valence-corrected chi connectivity index (χ1v) is 4.34. The van der Waals surface area contributed by atoms with E-state index in [1.807, 2.05) is 0 Å². The SMILES string of the molecule is CN(C)NC(=O)c1ccc([N+](=O)[O-])c(F)c1. The molecule has 0 radical (unpaired) electrons. The Balaban J connectivity index is 2.97. The fraction of sp³-hybridized carbons (Fsp3) is 0.222. The number of halogens is 1. The number of amides is 1. The first-order chi connectivity index (χ1) is 7.41. The molecule has 0 fully saturated rings. The van der Waals surface area contributed by atoms with Crippen molar-refractivity contribution in [2.75, 3.05) is 14.1 Å². The minimum absolute atomic E-state index is 0.0248. The van der Waals surface area contributed by atoms with Crippen LogP contribution in [-0.4, -0.2) is 29.9 Å². The van der Waals surface area contributed by atoms with Gasteiger partial charge in [-0.15, -0.1) is 0 Å². The summed E-state index contributed by atoms with van der Waals surface area (Å²) in [5, 5.41) is 11.7. The first-order valence-electron chi connectivity index (χ1n) is 4.34. The van der Waals surface area contributed by atoms with Crippen LogP contribution in [0.25, 0.3) is 0 Å². The van der Waals surface area contributed by atoms with E-state index in [2.05, 4.69) is 5.43 Å². The van der Waals surface area contributed by atoms with Gasteiger partial charge in [0.1, 0.15) is 0 Å². The highest BCUT2D eigenvalue weighted by molar-refractivity contribution is 5.94. The summed E-state index contributed by atoms with van der Waals surface area (Å²) in [6.45, 7) is 0. The highest BCUT2D eigenvalue weighted by Crippen LogP contribution is 2.17. The summed E-state index contributed by atoms with van der Waals surface area (Å²) in [6.07, 6.45) is 0.